The van der Waals surface area contributed by atoms with Gasteiger partial charge in [-0.05, 0) is 19.3 Å². The second kappa shape index (κ2) is 15.9. The average Bonchev–Trinajstić information content (AvgIpc) is 2.40. The molecule has 0 fully saturated rings. The molecular formula is C14H31NO4. The fourth-order valence-corrected chi connectivity index (χ4v) is 1.53. The number of rotatable bonds is 15. The van der Waals surface area contributed by atoms with Gasteiger partial charge in [-0.1, -0.05) is 13.3 Å². The van der Waals surface area contributed by atoms with E-state index in [-0.39, 0.29) is 6.04 Å². The maximum Gasteiger partial charge on any atom is 0.0701 e. The molecule has 0 aliphatic heterocycles. The first-order valence-corrected chi connectivity index (χ1v) is 7.29. The maximum absolute atomic E-state index is 5.80. The second-order valence-electron chi connectivity index (χ2n) is 4.55. The first-order chi connectivity index (χ1) is 9.31. The van der Waals surface area contributed by atoms with E-state index in [1.807, 2.05) is 0 Å². The molecule has 0 aliphatic rings. The van der Waals surface area contributed by atoms with Crippen molar-refractivity contribution in [2.75, 3.05) is 53.4 Å². The lowest BCUT2D eigenvalue weighted by Crippen LogP contribution is -2.25. The molecule has 0 radical (unpaired) electrons. The normalized spacial score (nSPS) is 12.8. The first-order valence-electron chi connectivity index (χ1n) is 7.29. The predicted octanol–water partition coefficient (Wildman–Crippen LogP) is 1.59. The zero-order valence-corrected chi connectivity index (χ0v) is 12.6. The van der Waals surface area contributed by atoms with Crippen LogP contribution in [0.2, 0.25) is 0 Å². The number of unbranched alkanes of at least 4 members (excludes halogenated alkanes) is 1. The Bertz CT molecular complexity index is 170. The summed E-state index contributed by atoms with van der Waals surface area (Å²) in [6.45, 7) is 6.90. The van der Waals surface area contributed by atoms with E-state index in [9.17, 15) is 0 Å². The molecule has 0 amide bonds. The van der Waals surface area contributed by atoms with Crippen LogP contribution in [0, 0.1) is 0 Å². The molecule has 0 saturated carbocycles. The zero-order chi connectivity index (χ0) is 14.2. The Morgan fingerprint density at radius 3 is 1.89 bits per heavy atom. The van der Waals surface area contributed by atoms with E-state index < -0.39 is 0 Å². The standard InChI is InChI=1S/C14H31NO4/c1-3-4-7-17-9-11-19-12-10-18-8-5-6-14(15)13-16-2/h14H,3-13,15H2,1-2H3. The molecule has 0 heterocycles. The molecule has 1 atom stereocenters. The highest BCUT2D eigenvalue weighted by atomic mass is 16.5. The quantitative estimate of drug-likeness (QED) is 0.461. The van der Waals surface area contributed by atoms with Crippen molar-refractivity contribution in [3.63, 3.8) is 0 Å². The van der Waals surface area contributed by atoms with Gasteiger partial charge in [0.2, 0.25) is 0 Å². The van der Waals surface area contributed by atoms with E-state index >= 15 is 0 Å². The zero-order valence-electron chi connectivity index (χ0n) is 12.6. The van der Waals surface area contributed by atoms with Crippen LogP contribution in [0.3, 0.4) is 0 Å². The highest BCUT2D eigenvalue weighted by Gasteiger charge is 2.00. The van der Waals surface area contributed by atoms with Crippen LogP contribution < -0.4 is 5.73 Å². The van der Waals surface area contributed by atoms with E-state index in [1.165, 1.54) is 6.42 Å². The third-order valence-electron chi connectivity index (χ3n) is 2.63. The van der Waals surface area contributed by atoms with Crippen LogP contribution in [-0.2, 0) is 18.9 Å². The largest absolute Gasteiger partial charge is 0.383 e. The van der Waals surface area contributed by atoms with Crippen LogP contribution in [0.15, 0.2) is 0 Å². The summed E-state index contributed by atoms with van der Waals surface area (Å²) in [5, 5.41) is 0. The lowest BCUT2D eigenvalue weighted by Gasteiger charge is -2.10. The van der Waals surface area contributed by atoms with E-state index in [1.54, 1.807) is 7.11 Å². The number of methoxy groups -OCH3 is 1. The Balaban J connectivity index is 2.99. The molecule has 0 saturated heterocycles. The monoisotopic (exact) mass is 277 g/mol. The molecule has 0 aliphatic carbocycles. The Hall–Kier alpha value is -0.200. The van der Waals surface area contributed by atoms with Gasteiger partial charge in [-0.15, -0.1) is 0 Å². The molecule has 2 N–H and O–H groups in total. The first kappa shape index (κ1) is 18.8. The van der Waals surface area contributed by atoms with Crippen molar-refractivity contribution in [1.82, 2.24) is 0 Å². The Labute approximate surface area is 117 Å². The van der Waals surface area contributed by atoms with E-state index in [0.29, 0.717) is 33.0 Å². The van der Waals surface area contributed by atoms with E-state index in [4.69, 9.17) is 24.7 Å². The van der Waals surface area contributed by atoms with Crippen LogP contribution in [0.5, 0.6) is 0 Å². The van der Waals surface area contributed by atoms with Crippen LogP contribution >= 0.6 is 0 Å². The van der Waals surface area contributed by atoms with E-state index in [0.717, 1.165) is 32.5 Å². The summed E-state index contributed by atoms with van der Waals surface area (Å²) in [5.41, 5.74) is 5.80. The highest BCUT2D eigenvalue weighted by molar-refractivity contribution is 4.58. The molecule has 0 bridgehead atoms. The molecule has 0 spiro atoms. The van der Waals surface area contributed by atoms with Crippen LogP contribution in [-0.4, -0.2) is 59.4 Å². The van der Waals surface area contributed by atoms with Crippen molar-refractivity contribution in [1.29, 1.82) is 0 Å². The molecule has 0 aromatic rings. The Morgan fingerprint density at radius 1 is 0.842 bits per heavy atom. The third-order valence-corrected chi connectivity index (χ3v) is 2.63. The minimum Gasteiger partial charge on any atom is -0.383 e. The summed E-state index contributed by atoms with van der Waals surface area (Å²) >= 11 is 0. The molecule has 0 aromatic carbocycles. The lowest BCUT2D eigenvalue weighted by atomic mass is 10.2. The van der Waals surface area contributed by atoms with E-state index in [2.05, 4.69) is 6.92 Å². The molecule has 116 valence electrons. The van der Waals surface area contributed by atoms with Gasteiger partial charge in [-0.2, -0.15) is 0 Å². The van der Waals surface area contributed by atoms with Crippen molar-refractivity contribution in [3.05, 3.63) is 0 Å². The van der Waals surface area contributed by atoms with Gasteiger partial charge in [0.1, 0.15) is 0 Å². The lowest BCUT2D eigenvalue weighted by molar-refractivity contribution is 0.0130. The summed E-state index contributed by atoms with van der Waals surface area (Å²) in [4.78, 5) is 0. The van der Waals surface area contributed by atoms with Gasteiger partial charge < -0.3 is 24.7 Å². The second-order valence-corrected chi connectivity index (χ2v) is 4.55. The fraction of sp³-hybridized carbons (Fsp3) is 1.00. The van der Waals surface area contributed by atoms with Crippen molar-refractivity contribution < 1.29 is 18.9 Å². The van der Waals surface area contributed by atoms with Gasteiger partial charge in [-0.3, -0.25) is 0 Å². The number of hydrogen-bond acceptors (Lipinski definition) is 5. The summed E-state index contributed by atoms with van der Waals surface area (Å²) < 4.78 is 21.2. The van der Waals surface area contributed by atoms with Crippen molar-refractivity contribution in [3.8, 4) is 0 Å². The van der Waals surface area contributed by atoms with Gasteiger partial charge in [0.25, 0.3) is 0 Å². The minimum atomic E-state index is 0.116. The number of nitrogens with two attached hydrogens (primary N) is 1. The molecular weight excluding hydrogens is 246 g/mol. The van der Waals surface area contributed by atoms with Gasteiger partial charge in [0, 0.05) is 26.4 Å². The smallest absolute Gasteiger partial charge is 0.0701 e. The van der Waals surface area contributed by atoms with Gasteiger partial charge in [0.15, 0.2) is 0 Å². The summed E-state index contributed by atoms with van der Waals surface area (Å²) in [6, 6.07) is 0.116. The Kier molecular flexibility index (Phi) is 15.7. The minimum absolute atomic E-state index is 0.116. The topological polar surface area (TPSA) is 62.9 Å². The summed E-state index contributed by atoms with van der Waals surface area (Å²) in [5.74, 6) is 0. The molecule has 1 unspecified atom stereocenters. The van der Waals surface area contributed by atoms with Gasteiger partial charge in [-0.25, -0.2) is 0 Å². The third kappa shape index (κ3) is 15.7. The number of hydrogen-bond donors (Lipinski definition) is 1. The molecule has 0 rings (SSSR count). The van der Waals surface area contributed by atoms with Crippen molar-refractivity contribution in [2.24, 2.45) is 5.73 Å². The molecule has 0 aromatic heterocycles. The maximum atomic E-state index is 5.80. The predicted molar refractivity (Wildman–Crippen MR) is 76.5 cm³/mol. The summed E-state index contributed by atoms with van der Waals surface area (Å²) in [7, 11) is 1.67. The van der Waals surface area contributed by atoms with Gasteiger partial charge >= 0.3 is 0 Å². The molecule has 19 heavy (non-hydrogen) atoms. The van der Waals surface area contributed by atoms with Gasteiger partial charge in [0.05, 0.1) is 33.0 Å². The van der Waals surface area contributed by atoms with Crippen molar-refractivity contribution >= 4 is 0 Å². The average molecular weight is 277 g/mol. The fourth-order valence-electron chi connectivity index (χ4n) is 1.53. The van der Waals surface area contributed by atoms with Crippen molar-refractivity contribution in [2.45, 2.75) is 38.6 Å². The Morgan fingerprint density at radius 2 is 1.37 bits per heavy atom. The van der Waals surface area contributed by atoms with Crippen LogP contribution in [0.1, 0.15) is 32.6 Å². The van der Waals surface area contributed by atoms with Crippen LogP contribution in [0.25, 0.3) is 0 Å². The number of ether oxygens (including phenoxy) is 4. The van der Waals surface area contributed by atoms with Crippen LogP contribution in [0.4, 0.5) is 0 Å². The molecule has 5 nitrogen and oxygen atoms in total. The summed E-state index contributed by atoms with van der Waals surface area (Å²) in [6.07, 6.45) is 4.18. The SMILES string of the molecule is CCCCOCCOCCOCCCC(N)COC. The molecule has 5 heteroatoms. The highest BCUT2D eigenvalue weighted by Crippen LogP contribution is 1.95.